The number of hydrogen-bond donors (Lipinski definition) is 1. The van der Waals surface area contributed by atoms with E-state index < -0.39 is 9.84 Å². The van der Waals surface area contributed by atoms with E-state index >= 15 is 0 Å². The Morgan fingerprint density at radius 1 is 1.08 bits per heavy atom. The van der Waals surface area contributed by atoms with Gasteiger partial charge in [-0.25, -0.2) is 8.42 Å². The van der Waals surface area contributed by atoms with E-state index in [4.69, 9.17) is 4.42 Å². The second-order valence-corrected chi connectivity index (χ2v) is 7.44. The predicted octanol–water partition coefficient (Wildman–Crippen LogP) is 2.32. The quantitative estimate of drug-likeness (QED) is 0.752. The van der Waals surface area contributed by atoms with Crippen LogP contribution >= 0.6 is 0 Å². The van der Waals surface area contributed by atoms with E-state index in [1.54, 1.807) is 12.1 Å². The van der Waals surface area contributed by atoms with Crippen molar-refractivity contribution in [2.24, 2.45) is 0 Å². The molecule has 2 aromatic carbocycles. The van der Waals surface area contributed by atoms with Gasteiger partial charge < -0.3 is 4.42 Å². The maximum absolute atomic E-state index is 12.0. The van der Waals surface area contributed by atoms with Crippen LogP contribution in [-0.4, -0.2) is 30.8 Å². The van der Waals surface area contributed by atoms with Crippen LogP contribution in [0.1, 0.15) is 5.56 Å². The Hall–Kier alpha value is -3.00. The maximum atomic E-state index is 12.0. The van der Waals surface area contributed by atoms with E-state index in [-0.39, 0.29) is 29.1 Å². The van der Waals surface area contributed by atoms with Crippen molar-refractivity contribution in [1.82, 2.24) is 10.2 Å². The van der Waals surface area contributed by atoms with Gasteiger partial charge in [0.1, 0.15) is 0 Å². The number of nitrogens with one attached hydrogen (secondary N) is 1. The molecule has 0 saturated heterocycles. The van der Waals surface area contributed by atoms with Crippen LogP contribution in [0.4, 0.5) is 6.01 Å². The number of sulfone groups is 1. The van der Waals surface area contributed by atoms with Gasteiger partial charge in [0.25, 0.3) is 0 Å². The highest BCUT2D eigenvalue weighted by atomic mass is 32.2. The minimum Gasteiger partial charge on any atom is -0.403 e. The Kier molecular flexibility index (Phi) is 4.62. The molecule has 0 aliphatic rings. The smallest absolute Gasteiger partial charge is 0.322 e. The number of anilines is 1. The summed E-state index contributed by atoms with van der Waals surface area (Å²) >= 11 is 0. The predicted molar refractivity (Wildman–Crippen MR) is 91.6 cm³/mol. The monoisotopic (exact) mass is 357 g/mol. The molecule has 0 spiro atoms. The van der Waals surface area contributed by atoms with E-state index in [2.05, 4.69) is 15.5 Å². The summed E-state index contributed by atoms with van der Waals surface area (Å²) < 4.78 is 28.6. The first-order chi connectivity index (χ1) is 11.9. The van der Waals surface area contributed by atoms with E-state index in [1.165, 1.54) is 12.1 Å². The largest absolute Gasteiger partial charge is 0.403 e. The third-order valence-electron chi connectivity index (χ3n) is 3.39. The van der Waals surface area contributed by atoms with Gasteiger partial charge in [0.05, 0.1) is 11.3 Å². The Morgan fingerprint density at radius 2 is 1.84 bits per heavy atom. The van der Waals surface area contributed by atoms with Crippen molar-refractivity contribution in [2.45, 2.75) is 11.3 Å². The number of benzene rings is 2. The highest BCUT2D eigenvalue weighted by molar-refractivity contribution is 7.90. The molecule has 0 bridgehead atoms. The molecule has 0 aliphatic heterocycles. The van der Waals surface area contributed by atoms with Gasteiger partial charge in [0, 0.05) is 11.8 Å². The molecular formula is C17H15N3O4S. The van der Waals surface area contributed by atoms with Crippen LogP contribution < -0.4 is 5.32 Å². The zero-order valence-electron chi connectivity index (χ0n) is 13.3. The lowest BCUT2D eigenvalue weighted by molar-refractivity contribution is -0.115. The molecular weight excluding hydrogens is 342 g/mol. The average Bonchev–Trinajstić information content (AvgIpc) is 3.03. The van der Waals surface area contributed by atoms with Crippen molar-refractivity contribution < 1.29 is 17.6 Å². The Morgan fingerprint density at radius 3 is 2.56 bits per heavy atom. The van der Waals surface area contributed by atoms with Crippen molar-refractivity contribution in [1.29, 1.82) is 0 Å². The van der Waals surface area contributed by atoms with E-state index in [0.29, 0.717) is 5.56 Å². The van der Waals surface area contributed by atoms with Gasteiger partial charge in [0.15, 0.2) is 9.84 Å². The summed E-state index contributed by atoms with van der Waals surface area (Å²) in [4.78, 5) is 12.1. The molecule has 0 saturated carbocycles. The molecule has 1 amide bonds. The minimum atomic E-state index is -3.34. The fourth-order valence-corrected chi connectivity index (χ4v) is 2.86. The molecule has 3 aromatic rings. The number of carbonyl (C=O) groups excluding carboxylic acids is 1. The van der Waals surface area contributed by atoms with Gasteiger partial charge in [-0.3, -0.25) is 10.1 Å². The summed E-state index contributed by atoms with van der Waals surface area (Å²) in [5, 5.41) is 10.1. The maximum Gasteiger partial charge on any atom is 0.322 e. The molecule has 7 nitrogen and oxygen atoms in total. The van der Waals surface area contributed by atoms with Gasteiger partial charge in [-0.2, -0.15) is 0 Å². The van der Waals surface area contributed by atoms with E-state index in [1.807, 2.05) is 30.3 Å². The summed E-state index contributed by atoms with van der Waals surface area (Å²) in [5.41, 5.74) is 1.32. The molecule has 0 fully saturated rings. The lowest BCUT2D eigenvalue weighted by atomic mass is 10.1. The van der Waals surface area contributed by atoms with Crippen LogP contribution in [0, 0.1) is 0 Å². The molecule has 25 heavy (non-hydrogen) atoms. The molecule has 1 N–H and O–H groups in total. The average molecular weight is 357 g/mol. The molecule has 128 valence electrons. The molecule has 0 aliphatic carbocycles. The Labute approximate surface area is 144 Å². The molecule has 3 rings (SSSR count). The summed E-state index contributed by atoms with van der Waals surface area (Å²) in [6.45, 7) is 0. The number of carbonyl (C=O) groups is 1. The molecule has 0 unspecified atom stereocenters. The first-order valence-corrected chi connectivity index (χ1v) is 9.29. The van der Waals surface area contributed by atoms with Crippen molar-refractivity contribution in [3.05, 3.63) is 60.2 Å². The second-order valence-electron chi connectivity index (χ2n) is 5.42. The lowest BCUT2D eigenvalue weighted by Gasteiger charge is -2.01. The Balaban J connectivity index is 1.73. The van der Waals surface area contributed by atoms with Crippen LogP contribution in [0.3, 0.4) is 0 Å². The molecule has 0 radical (unpaired) electrons. The highest BCUT2D eigenvalue weighted by Crippen LogP contribution is 2.22. The van der Waals surface area contributed by atoms with Crippen molar-refractivity contribution in [2.75, 3.05) is 11.6 Å². The standard InChI is InChI=1S/C17H15N3O4S/c1-25(22,23)14-9-5-8-13(11-14)16-19-20-17(24-16)18-15(21)10-12-6-3-2-4-7-12/h2-9,11H,10H2,1H3,(H,18,20,21). The van der Waals surface area contributed by atoms with Crippen molar-refractivity contribution >= 4 is 21.8 Å². The third kappa shape index (κ3) is 4.30. The molecule has 1 heterocycles. The highest BCUT2D eigenvalue weighted by Gasteiger charge is 2.14. The number of amides is 1. The number of rotatable bonds is 5. The lowest BCUT2D eigenvalue weighted by Crippen LogP contribution is -2.14. The normalized spacial score (nSPS) is 11.2. The first kappa shape index (κ1) is 16.8. The van der Waals surface area contributed by atoms with Gasteiger partial charge in [-0.15, -0.1) is 5.10 Å². The van der Waals surface area contributed by atoms with Gasteiger partial charge in [-0.1, -0.05) is 41.5 Å². The Bertz CT molecular complexity index is 997. The van der Waals surface area contributed by atoms with Crippen LogP contribution in [0.25, 0.3) is 11.5 Å². The zero-order valence-corrected chi connectivity index (χ0v) is 14.2. The molecule has 0 atom stereocenters. The van der Waals surface area contributed by atoms with Crippen LogP contribution in [0.5, 0.6) is 0 Å². The fraction of sp³-hybridized carbons (Fsp3) is 0.118. The second kappa shape index (κ2) is 6.86. The number of hydrogen-bond acceptors (Lipinski definition) is 6. The van der Waals surface area contributed by atoms with Crippen LogP contribution in [0.2, 0.25) is 0 Å². The van der Waals surface area contributed by atoms with Gasteiger partial charge in [0.2, 0.25) is 11.8 Å². The van der Waals surface area contributed by atoms with E-state index in [0.717, 1.165) is 11.8 Å². The van der Waals surface area contributed by atoms with Crippen LogP contribution in [0.15, 0.2) is 63.9 Å². The summed E-state index contributed by atoms with van der Waals surface area (Å²) in [5.74, 6) is -0.160. The summed E-state index contributed by atoms with van der Waals surface area (Å²) in [6.07, 6.45) is 1.30. The van der Waals surface area contributed by atoms with E-state index in [9.17, 15) is 13.2 Å². The third-order valence-corrected chi connectivity index (χ3v) is 4.50. The van der Waals surface area contributed by atoms with Crippen LogP contribution in [-0.2, 0) is 21.1 Å². The van der Waals surface area contributed by atoms with Gasteiger partial charge >= 0.3 is 6.01 Å². The molecule has 8 heteroatoms. The van der Waals surface area contributed by atoms with Gasteiger partial charge in [-0.05, 0) is 23.8 Å². The summed E-state index contributed by atoms with van der Waals surface area (Å²) in [6, 6.07) is 15.4. The number of aromatic nitrogens is 2. The fourth-order valence-electron chi connectivity index (χ4n) is 2.19. The van der Waals surface area contributed by atoms with Crippen molar-refractivity contribution in [3.63, 3.8) is 0 Å². The topological polar surface area (TPSA) is 102 Å². The minimum absolute atomic E-state index is 0.0410. The number of nitrogens with zero attached hydrogens (tertiary/aromatic N) is 2. The molecule has 1 aromatic heterocycles. The SMILES string of the molecule is CS(=O)(=O)c1cccc(-c2nnc(NC(=O)Cc3ccccc3)o2)c1. The van der Waals surface area contributed by atoms with Crippen molar-refractivity contribution in [3.8, 4) is 11.5 Å². The first-order valence-electron chi connectivity index (χ1n) is 7.39. The summed E-state index contributed by atoms with van der Waals surface area (Å²) in [7, 11) is -3.34. The zero-order chi connectivity index (χ0) is 17.9.